The highest BCUT2D eigenvalue weighted by atomic mass is 32.2. The van der Waals surface area contributed by atoms with Crippen molar-refractivity contribution in [3.05, 3.63) is 30.5 Å². The molecule has 0 spiro atoms. The number of aromatic nitrogens is 1. The van der Waals surface area contributed by atoms with Crippen LogP contribution >= 0.6 is 11.8 Å². The van der Waals surface area contributed by atoms with E-state index in [0.29, 0.717) is 5.46 Å². The van der Waals surface area contributed by atoms with Crippen LogP contribution in [0.5, 0.6) is 0 Å². The van der Waals surface area contributed by atoms with Crippen molar-refractivity contribution in [3.63, 3.8) is 0 Å². The third-order valence-electron chi connectivity index (χ3n) is 2.26. The van der Waals surface area contributed by atoms with Gasteiger partial charge in [0.05, 0.1) is 5.52 Å². The van der Waals surface area contributed by atoms with Crippen molar-refractivity contribution in [2.75, 3.05) is 6.26 Å². The van der Waals surface area contributed by atoms with Gasteiger partial charge in [-0.25, -0.2) is 0 Å². The molecule has 15 heavy (non-hydrogen) atoms. The van der Waals surface area contributed by atoms with Gasteiger partial charge in [-0.3, -0.25) is 4.98 Å². The van der Waals surface area contributed by atoms with Gasteiger partial charge in [-0.15, -0.1) is 11.8 Å². The van der Waals surface area contributed by atoms with E-state index >= 15 is 0 Å². The van der Waals surface area contributed by atoms with E-state index in [9.17, 15) is 10.0 Å². The van der Waals surface area contributed by atoms with Gasteiger partial charge in [0.1, 0.15) is 0 Å². The molecule has 0 aliphatic carbocycles. The minimum absolute atomic E-state index is 0.535. The SMILES string of the molecule is CSc1ccc2ncccc2c1B(O)O. The van der Waals surface area contributed by atoms with Crippen LogP contribution in [0.15, 0.2) is 35.4 Å². The first-order valence-corrected chi connectivity index (χ1v) is 5.74. The number of thioether (sulfide) groups is 1. The van der Waals surface area contributed by atoms with Crippen LogP contribution in [0.25, 0.3) is 10.9 Å². The molecule has 1 aromatic carbocycles. The molecule has 0 fully saturated rings. The second-order valence-electron chi connectivity index (χ2n) is 3.13. The number of rotatable bonds is 2. The van der Waals surface area contributed by atoms with E-state index in [1.165, 1.54) is 11.8 Å². The van der Waals surface area contributed by atoms with Crippen molar-refractivity contribution >= 4 is 35.2 Å². The Labute approximate surface area is 92.3 Å². The lowest BCUT2D eigenvalue weighted by Crippen LogP contribution is -2.32. The van der Waals surface area contributed by atoms with Crippen LogP contribution in [0, 0.1) is 0 Å². The van der Waals surface area contributed by atoms with Gasteiger partial charge in [-0.2, -0.15) is 0 Å². The second kappa shape index (κ2) is 4.22. The van der Waals surface area contributed by atoms with Gasteiger partial charge >= 0.3 is 7.12 Å². The molecule has 0 bridgehead atoms. The standard InChI is InChI=1S/C10H10BNO2S/c1-15-9-5-4-8-7(3-2-6-12-8)10(9)11(13)14/h2-6,13-14H,1H3. The highest BCUT2D eigenvalue weighted by molar-refractivity contribution is 7.98. The normalized spacial score (nSPS) is 10.6. The molecule has 0 aliphatic rings. The third-order valence-corrected chi connectivity index (χ3v) is 3.06. The molecule has 3 nitrogen and oxygen atoms in total. The van der Waals surface area contributed by atoms with Gasteiger partial charge in [0.15, 0.2) is 0 Å². The largest absolute Gasteiger partial charge is 0.490 e. The Morgan fingerprint density at radius 2 is 2.07 bits per heavy atom. The zero-order chi connectivity index (χ0) is 10.8. The van der Waals surface area contributed by atoms with Gasteiger partial charge in [-0.05, 0) is 24.5 Å². The fraction of sp³-hybridized carbons (Fsp3) is 0.100. The third kappa shape index (κ3) is 1.86. The highest BCUT2D eigenvalue weighted by Crippen LogP contribution is 2.18. The zero-order valence-corrected chi connectivity index (χ0v) is 9.03. The minimum atomic E-state index is -1.46. The molecule has 2 aromatic rings. The predicted molar refractivity (Wildman–Crippen MR) is 63.3 cm³/mol. The molecule has 0 amide bonds. The van der Waals surface area contributed by atoms with E-state index in [2.05, 4.69) is 4.98 Å². The van der Waals surface area contributed by atoms with Crippen LogP contribution in [0.2, 0.25) is 0 Å². The summed E-state index contributed by atoms with van der Waals surface area (Å²) in [6.45, 7) is 0. The maximum Gasteiger partial charge on any atom is 0.490 e. The summed E-state index contributed by atoms with van der Waals surface area (Å²) in [4.78, 5) is 5.03. The van der Waals surface area contributed by atoms with Crippen LogP contribution in [0.1, 0.15) is 0 Å². The predicted octanol–water partition coefficient (Wildman–Crippen LogP) is 0.636. The van der Waals surface area contributed by atoms with Crippen molar-refractivity contribution in [1.29, 1.82) is 0 Å². The Morgan fingerprint density at radius 3 is 2.73 bits per heavy atom. The summed E-state index contributed by atoms with van der Waals surface area (Å²) < 4.78 is 0. The molecule has 0 saturated carbocycles. The highest BCUT2D eigenvalue weighted by Gasteiger charge is 2.19. The van der Waals surface area contributed by atoms with Gasteiger partial charge in [0, 0.05) is 21.9 Å². The number of pyridine rings is 1. The molecule has 1 aromatic heterocycles. The molecule has 0 saturated heterocycles. The first kappa shape index (κ1) is 10.5. The zero-order valence-electron chi connectivity index (χ0n) is 8.21. The summed E-state index contributed by atoms with van der Waals surface area (Å²) >= 11 is 1.49. The Hall–Kier alpha value is -1.04. The molecule has 76 valence electrons. The molecule has 2 rings (SSSR count). The monoisotopic (exact) mass is 219 g/mol. The van der Waals surface area contributed by atoms with Crippen LogP contribution in [-0.4, -0.2) is 28.4 Å². The summed E-state index contributed by atoms with van der Waals surface area (Å²) in [7, 11) is -1.46. The molecule has 0 aliphatic heterocycles. The smallest absolute Gasteiger partial charge is 0.423 e. The second-order valence-corrected chi connectivity index (χ2v) is 3.97. The quantitative estimate of drug-likeness (QED) is 0.574. The molecule has 1 heterocycles. The Bertz CT molecular complexity index is 490. The van der Waals surface area contributed by atoms with Gasteiger partial charge in [0.25, 0.3) is 0 Å². The first-order chi connectivity index (χ1) is 7.24. The van der Waals surface area contributed by atoms with Crippen molar-refractivity contribution in [2.24, 2.45) is 0 Å². The van der Waals surface area contributed by atoms with Crippen LogP contribution in [0.3, 0.4) is 0 Å². The molecule has 2 N–H and O–H groups in total. The summed E-state index contributed by atoms with van der Waals surface area (Å²) in [6, 6.07) is 7.37. The summed E-state index contributed by atoms with van der Waals surface area (Å²) in [5, 5.41) is 19.5. The van der Waals surface area contributed by atoms with E-state index in [4.69, 9.17) is 0 Å². The van der Waals surface area contributed by atoms with Gasteiger partial charge in [0.2, 0.25) is 0 Å². The average molecular weight is 219 g/mol. The van der Waals surface area contributed by atoms with Crippen molar-refractivity contribution in [1.82, 2.24) is 4.98 Å². The molecular formula is C10H10BNO2S. The Morgan fingerprint density at radius 1 is 1.27 bits per heavy atom. The molecule has 0 unspecified atom stereocenters. The van der Waals surface area contributed by atoms with Crippen molar-refractivity contribution in [3.8, 4) is 0 Å². The fourth-order valence-corrected chi connectivity index (χ4v) is 2.24. The Kier molecular flexibility index (Phi) is 2.95. The molecule has 0 radical (unpaired) electrons. The van der Waals surface area contributed by atoms with Gasteiger partial charge < -0.3 is 10.0 Å². The van der Waals surface area contributed by atoms with Gasteiger partial charge in [-0.1, -0.05) is 6.07 Å². The van der Waals surface area contributed by atoms with E-state index in [-0.39, 0.29) is 0 Å². The molecular weight excluding hydrogens is 209 g/mol. The van der Waals surface area contributed by atoms with E-state index in [1.54, 1.807) is 12.3 Å². The number of hydrogen-bond acceptors (Lipinski definition) is 4. The van der Waals surface area contributed by atoms with E-state index in [1.807, 2.05) is 24.5 Å². The number of fused-ring (bicyclic) bond motifs is 1. The number of benzene rings is 1. The lowest BCUT2D eigenvalue weighted by molar-refractivity contribution is 0.425. The number of hydrogen-bond donors (Lipinski definition) is 2. The average Bonchev–Trinajstić information content (AvgIpc) is 2.27. The minimum Gasteiger partial charge on any atom is -0.423 e. The lowest BCUT2D eigenvalue weighted by Gasteiger charge is -2.09. The first-order valence-electron chi connectivity index (χ1n) is 4.52. The maximum atomic E-state index is 9.35. The van der Waals surface area contributed by atoms with Crippen LogP contribution in [-0.2, 0) is 0 Å². The van der Waals surface area contributed by atoms with Crippen LogP contribution < -0.4 is 5.46 Å². The lowest BCUT2D eigenvalue weighted by atomic mass is 9.77. The fourth-order valence-electron chi connectivity index (χ4n) is 1.60. The molecule has 0 atom stereocenters. The molecule has 5 heteroatoms. The summed E-state index contributed by atoms with van der Waals surface area (Å²) in [5.41, 5.74) is 1.31. The van der Waals surface area contributed by atoms with Crippen LogP contribution in [0.4, 0.5) is 0 Å². The van der Waals surface area contributed by atoms with E-state index < -0.39 is 7.12 Å². The van der Waals surface area contributed by atoms with Crippen molar-refractivity contribution < 1.29 is 10.0 Å². The van der Waals surface area contributed by atoms with Crippen molar-refractivity contribution in [2.45, 2.75) is 4.90 Å². The van der Waals surface area contributed by atoms with E-state index in [0.717, 1.165) is 15.8 Å². The Balaban J connectivity index is 2.79. The maximum absolute atomic E-state index is 9.35. The number of nitrogens with zero attached hydrogens (tertiary/aromatic N) is 1. The summed E-state index contributed by atoms with van der Waals surface area (Å²) in [5.74, 6) is 0. The topological polar surface area (TPSA) is 53.4 Å². The summed E-state index contributed by atoms with van der Waals surface area (Å²) in [6.07, 6.45) is 3.60.